The van der Waals surface area contributed by atoms with E-state index in [0.717, 1.165) is 5.56 Å². The second-order valence-corrected chi connectivity index (χ2v) is 9.40. The van der Waals surface area contributed by atoms with Gasteiger partial charge in [-0.15, -0.1) is 0 Å². The molecule has 0 aliphatic heterocycles. The van der Waals surface area contributed by atoms with Crippen LogP contribution in [-0.4, -0.2) is 32.6 Å². The highest BCUT2D eigenvalue weighted by Crippen LogP contribution is 2.28. The van der Waals surface area contributed by atoms with Gasteiger partial charge in [0.1, 0.15) is 0 Å². The molecule has 2 rings (SSSR count). The molecule has 0 atom stereocenters. The Morgan fingerprint density at radius 2 is 1.82 bits per heavy atom. The van der Waals surface area contributed by atoms with Crippen LogP contribution in [0.3, 0.4) is 0 Å². The van der Waals surface area contributed by atoms with Gasteiger partial charge in [-0.05, 0) is 54.2 Å². The Hall–Kier alpha value is -2.38. The van der Waals surface area contributed by atoms with Gasteiger partial charge >= 0.3 is 0 Å². The van der Waals surface area contributed by atoms with Crippen LogP contribution < -0.4 is 10.0 Å². The summed E-state index contributed by atoms with van der Waals surface area (Å²) in [4.78, 5) is 12.4. The van der Waals surface area contributed by atoms with E-state index in [1.54, 1.807) is 37.3 Å². The first-order valence-electron chi connectivity index (χ1n) is 9.17. The maximum absolute atomic E-state index is 13.0. The number of sulfonamides is 1. The number of carbonyl (C=O) groups is 1. The van der Waals surface area contributed by atoms with Crippen molar-refractivity contribution >= 4 is 21.6 Å². The first-order valence-corrected chi connectivity index (χ1v) is 10.7. The predicted molar refractivity (Wildman–Crippen MR) is 111 cm³/mol. The van der Waals surface area contributed by atoms with Crippen molar-refractivity contribution in [2.75, 3.05) is 17.9 Å². The van der Waals surface area contributed by atoms with Gasteiger partial charge in [-0.1, -0.05) is 39.0 Å². The summed E-state index contributed by atoms with van der Waals surface area (Å²) < 4.78 is 28.5. The standard InChI is InChI=1S/C21H28N2O4S/c1-15-9-10-17(21(2,3)4)14-19(15)28(26,27)23-18-8-5-7-16(13-18)20(25)22-11-6-12-24/h5,7-10,13-14,23-24H,6,11-12H2,1-4H3,(H,22,25). The van der Waals surface area contributed by atoms with Gasteiger partial charge in [-0.2, -0.15) is 0 Å². The van der Waals surface area contributed by atoms with Gasteiger partial charge in [0.05, 0.1) is 4.90 Å². The first-order chi connectivity index (χ1) is 13.0. The summed E-state index contributed by atoms with van der Waals surface area (Å²) in [5.74, 6) is -0.319. The SMILES string of the molecule is Cc1ccc(C(C)(C)C)cc1S(=O)(=O)Nc1cccc(C(=O)NCCCO)c1. The zero-order valence-electron chi connectivity index (χ0n) is 16.7. The van der Waals surface area contributed by atoms with Crippen LogP contribution in [0.25, 0.3) is 0 Å². The van der Waals surface area contributed by atoms with Crippen molar-refractivity contribution in [2.24, 2.45) is 0 Å². The van der Waals surface area contributed by atoms with Crippen molar-refractivity contribution in [3.05, 3.63) is 59.2 Å². The van der Waals surface area contributed by atoms with Crippen molar-refractivity contribution in [3.8, 4) is 0 Å². The minimum Gasteiger partial charge on any atom is -0.396 e. The van der Waals surface area contributed by atoms with Gasteiger partial charge < -0.3 is 10.4 Å². The zero-order chi connectivity index (χ0) is 20.9. The molecule has 0 bridgehead atoms. The summed E-state index contributed by atoms with van der Waals surface area (Å²) in [6.45, 7) is 8.18. The molecule has 7 heteroatoms. The molecule has 0 saturated heterocycles. The number of nitrogens with one attached hydrogen (secondary N) is 2. The molecule has 0 radical (unpaired) electrons. The maximum atomic E-state index is 13.0. The topological polar surface area (TPSA) is 95.5 Å². The molecule has 0 saturated carbocycles. The molecule has 3 N–H and O–H groups in total. The molecule has 0 aliphatic carbocycles. The fourth-order valence-corrected chi connectivity index (χ4v) is 3.99. The van der Waals surface area contributed by atoms with Crippen LogP contribution in [0, 0.1) is 6.92 Å². The number of aryl methyl sites for hydroxylation is 1. The van der Waals surface area contributed by atoms with Crippen LogP contribution >= 0.6 is 0 Å². The van der Waals surface area contributed by atoms with E-state index >= 15 is 0 Å². The molecule has 0 aliphatic rings. The lowest BCUT2D eigenvalue weighted by Crippen LogP contribution is -2.25. The normalized spacial score (nSPS) is 11.9. The second kappa shape index (κ2) is 8.75. The summed E-state index contributed by atoms with van der Waals surface area (Å²) in [6.07, 6.45) is 0.460. The van der Waals surface area contributed by atoms with Crippen molar-refractivity contribution < 1.29 is 18.3 Å². The molecular formula is C21H28N2O4S. The third-order valence-corrected chi connectivity index (χ3v) is 5.86. The molecule has 0 fully saturated rings. The number of carbonyl (C=O) groups excluding carboxylic acids is 1. The lowest BCUT2D eigenvalue weighted by Gasteiger charge is -2.21. The monoisotopic (exact) mass is 404 g/mol. The Morgan fingerprint density at radius 1 is 1.11 bits per heavy atom. The van der Waals surface area contributed by atoms with Gasteiger partial charge in [0.15, 0.2) is 0 Å². The van der Waals surface area contributed by atoms with Crippen LogP contribution in [0.5, 0.6) is 0 Å². The predicted octanol–water partition coefficient (Wildman–Crippen LogP) is 3.21. The Morgan fingerprint density at radius 3 is 2.46 bits per heavy atom. The van der Waals surface area contributed by atoms with Gasteiger partial charge in [-0.25, -0.2) is 8.42 Å². The smallest absolute Gasteiger partial charge is 0.262 e. The van der Waals surface area contributed by atoms with E-state index in [0.29, 0.717) is 29.8 Å². The van der Waals surface area contributed by atoms with Crippen molar-refractivity contribution in [1.29, 1.82) is 0 Å². The maximum Gasteiger partial charge on any atom is 0.262 e. The zero-order valence-corrected chi connectivity index (χ0v) is 17.6. The first kappa shape index (κ1) is 21.9. The molecule has 0 aromatic heterocycles. The fraction of sp³-hybridized carbons (Fsp3) is 0.381. The average molecular weight is 405 g/mol. The Kier molecular flexibility index (Phi) is 6.85. The summed E-state index contributed by atoms with van der Waals surface area (Å²) in [5, 5.41) is 11.5. The van der Waals surface area contributed by atoms with Gasteiger partial charge in [-0.3, -0.25) is 9.52 Å². The van der Waals surface area contributed by atoms with E-state index in [-0.39, 0.29) is 22.8 Å². The van der Waals surface area contributed by atoms with E-state index in [9.17, 15) is 13.2 Å². The summed E-state index contributed by atoms with van der Waals surface area (Å²) in [5.41, 5.74) is 2.06. The Balaban J connectivity index is 2.28. The summed E-state index contributed by atoms with van der Waals surface area (Å²) in [7, 11) is -3.80. The van der Waals surface area contributed by atoms with Gasteiger partial charge in [0, 0.05) is 24.4 Å². The highest BCUT2D eigenvalue weighted by Gasteiger charge is 2.22. The number of aliphatic hydroxyl groups excluding tert-OH is 1. The lowest BCUT2D eigenvalue weighted by molar-refractivity contribution is 0.0951. The van der Waals surface area contributed by atoms with Crippen molar-refractivity contribution in [1.82, 2.24) is 5.32 Å². The number of hydrogen-bond acceptors (Lipinski definition) is 4. The quantitative estimate of drug-likeness (QED) is 0.618. The minimum atomic E-state index is -3.80. The summed E-state index contributed by atoms with van der Waals surface area (Å²) >= 11 is 0. The molecule has 28 heavy (non-hydrogen) atoms. The molecule has 2 aromatic rings. The van der Waals surface area contributed by atoms with E-state index < -0.39 is 10.0 Å². The van der Waals surface area contributed by atoms with Crippen LogP contribution in [0.1, 0.15) is 48.7 Å². The lowest BCUT2D eigenvalue weighted by atomic mass is 9.87. The van der Waals surface area contributed by atoms with Crippen LogP contribution in [0.4, 0.5) is 5.69 Å². The molecular weight excluding hydrogens is 376 g/mol. The van der Waals surface area contributed by atoms with Crippen LogP contribution in [-0.2, 0) is 15.4 Å². The van der Waals surface area contributed by atoms with Crippen molar-refractivity contribution in [2.45, 2.75) is 44.4 Å². The number of benzene rings is 2. The molecule has 152 valence electrons. The second-order valence-electron chi connectivity index (χ2n) is 7.75. The number of aliphatic hydroxyl groups is 1. The van der Waals surface area contributed by atoms with Crippen LogP contribution in [0.15, 0.2) is 47.4 Å². The highest BCUT2D eigenvalue weighted by atomic mass is 32.2. The van der Waals surface area contributed by atoms with E-state index in [4.69, 9.17) is 5.11 Å². The molecule has 2 aromatic carbocycles. The third-order valence-electron chi connectivity index (χ3n) is 4.34. The molecule has 0 unspecified atom stereocenters. The van der Waals surface area contributed by atoms with E-state index in [1.807, 2.05) is 26.8 Å². The number of amides is 1. The van der Waals surface area contributed by atoms with E-state index in [1.165, 1.54) is 6.07 Å². The fourth-order valence-electron chi connectivity index (χ4n) is 2.67. The van der Waals surface area contributed by atoms with Gasteiger partial charge in [0.25, 0.3) is 15.9 Å². The minimum absolute atomic E-state index is 0.00685. The summed E-state index contributed by atoms with van der Waals surface area (Å²) in [6, 6.07) is 11.8. The molecule has 6 nitrogen and oxygen atoms in total. The molecule has 0 spiro atoms. The largest absolute Gasteiger partial charge is 0.396 e. The third kappa shape index (κ3) is 5.56. The van der Waals surface area contributed by atoms with Crippen LogP contribution in [0.2, 0.25) is 0 Å². The Labute approximate surface area is 167 Å². The average Bonchev–Trinajstić information content (AvgIpc) is 2.61. The number of hydrogen-bond donors (Lipinski definition) is 3. The number of rotatable bonds is 7. The molecule has 0 heterocycles. The van der Waals surface area contributed by atoms with Crippen molar-refractivity contribution in [3.63, 3.8) is 0 Å². The number of anilines is 1. The molecule has 1 amide bonds. The van der Waals surface area contributed by atoms with Gasteiger partial charge in [0.2, 0.25) is 0 Å². The van der Waals surface area contributed by atoms with E-state index in [2.05, 4.69) is 10.0 Å². The Bertz CT molecular complexity index is 947. The highest BCUT2D eigenvalue weighted by molar-refractivity contribution is 7.92.